The summed E-state index contributed by atoms with van der Waals surface area (Å²) in [6.45, 7) is 6.63. The highest BCUT2D eigenvalue weighted by molar-refractivity contribution is 5.17. The summed E-state index contributed by atoms with van der Waals surface area (Å²) in [5.41, 5.74) is 1.16. The first-order valence-electron chi connectivity index (χ1n) is 7.88. The van der Waals surface area contributed by atoms with Gasteiger partial charge in [-0.15, -0.1) is 10.2 Å². The standard InChI is InChI=1S/C17H21N4O2/c1-4-15-20-21(13(3)22-15)11-12(2)17-19-18-16(23-17)10-14-8-6-5-7-9-14/h5-9,12H,4,10-11H2,1-3H3/q+1/t12-/m0/s1. The molecular weight excluding hydrogens is 292 g/mol. The highest BCUT2D eigenvalue weighted by Crippen LogP contribution is 2.16. The fraction of sp³-hybridized carbons (Fsp3) is 0.412. The van der Waals surface area contributed by atoms with E-state index in [0.29, 0.717) is 24.7 Å². The van der Waals surface area contributed by atoms with E-state index in [-0.39, 0.29) is 5.92 Å². The van der Waals surface area contributed by atoms with Crippen LogP contribution in [0.3, 0.4) is 0 Å². The molecule has 0 saturated heterocycles. The highest BCUT2D eigenvalue weighted by atomic mass is 16.4. The van der Waals surface area contributed by atoms with Gasteiger partial charge in [0.1, 0.15) is 0 Å². The van der Waals surface area contributed by atoms with Crippen molar-refractivity contribution in [1.82, 2.24) is 15.3 Å². The van der Waals surface area contributed by atoms with Crippen LogP contribution in [0, 0.1) is 6.92 Å². The molecule has 2 aromatic heterocycles. The van der Waals surface area contributed by atoms with Crippen LogP contribution in [-0.2, 0) is 19.4 Å². The predicted octanol–water partition coefficient (Wildman–Crippen LogP) is 2.61. The summed E-state index contributed by atoms with van der Waals surface area (Å²) in [5, 5.41) is 12.8. The molecular formula is C17H21N4O2+. The van der Waals surface area contributed by atoms with Gasteiger partial charge in [-0.3, -0.25) is 0 Å². The molecule has 6 heteroatoms. The minimum Gasteiger partial charge on any atom is -0.424 e. The summed E-state index contributed by atoms with van der Waals surface area (Å²) >= 11 is 0. The predicted molar refractivity (Wildman–Crippen MR) is 82.8 cm³/mol. The summed E-state index contributed by atoms with van der Waals surface area (Å²) in [7, 11) is 0. The van der Waals surface area contributed by atoms with Crippen LogP contribution in [0.1, 0.15) is 48.9 Å². The third-order valence-electron chi connectivity index (χ3n) is 3.71. The van der Waals surface area contributed by atoms with Crippen LogP contribution in [0.2, 0.25) is 0 Å². The molecule has 1 aromatic carbocycles. The summed E-state index contributed by atoms with van der Waals surface area (Å²) in [6.07, 6.45) is 1.43. The third kappa shape index (κ3) is 3.64. The van der Waals surface area contributed by atoms with Crippen molar-refractivity contribution in [2.45, 2.75) is 46.1 Å². The normalized spacial score (nSPS) is 12.5. The van der Waals surface area contributed by atoms with Gasteiger partial charge in [0.05, 0.1) is 19.3 Å². The number of aryl methyl sites for hydroxylation is 2. The molecule has 0 amide bonds. The van der Waals surface area contributed by atoms with Crippen LogP contribution in [0.5, 0.6) is 0 Å². The van der Waals surface area contributed by atoms with Crippen molar-refractivity contribution in [3.05, 3.63) is 59.5 Å². The van der Waals surface area contributed by atoms with Crippen LogP contribution in [0.25, 0.3) is 0 Å². The van der Waals surface area contributed by atoms with E-state index in [2.05, 4.69) is 15.3 Å². The SMILES string of the molecule is CCc1n[n+](C[C@H](C)c2nnc(Cc3ccccc3)o2)c(C)o1. The van der Waals surface area contributed by atoms with Crippen molar-refractivity contribution in [1.29, 1.82) is 0 Å². The number of benzene rings is 1. The van der Waals surface area contributed by atoms with Gasteiger partial charge in [0, 0.05) is 11.5 Å². The summed E-state index contributed by atoms with van der Waals surface area (Å²) < 4.78 is 13.2. The van der Waals surface area contributed by atoms with Crippen LogP contribution >= 0.6 is 0 Å². The third-order valence-corrected chi connectivity index (χ3v) is 3.71. The lowest BCUT2D eigenvalue weighted by Gasteiger charge is -1.99. The lowest BCUT2D eigenvalue weighted by molar-refractivity contribution is -0.762. The smallest absolute Gasteiger partial charge is 0.370 e. The van der Waals surface area contributed by atoms with Crippen molar-refractivity contribution in [3.8, 4) is 0 Å². The maximum atomic E-state index is 5.80. The topological polar surface area (TPSA) is 68.8 Å². The molecule has 0 aliphatic heterocycles. The first-order valence-corrected chi connectivity index (χ1v) is 7.88. The van der Waals surface area contributed by atoms with E-state index >= 15 is 0 Å². The van der Waals surface area contributed by atoms with E-state index in [1.165, 1.54) is 0 Å². The second-order valence-corrected chi connectivity index (χ2v) is 5.65. The highest BCUT2D eigenvalue weighted by Gasteiger charge is 2.24. The fourth-order valence-corrected chi connectivity index (χ4v) is 2.41. The number of hydrogen-bond donors (Lipinski definition) is 0. The van der Waals surface area contributed by atoms with E-state index in [1.807, 2.05) is 55.8 Å². The Kier molecular flexibility index (Phi) is 4.50. The largest absolute Gasteiger partial charge is 0.424 e. The number of hydrogen-bond acceptors (Lipinski definition) is 5. The minimum absolute atomic E-state index is 0.0746. The van der Waals surface area contributed by atoms with Crippen LogP contribution < -0.4 is 4.68 Å². The molecule has 0 saturated carbocycles. The molecule has 2 heterocycles. The van der Waals surface area contributed by atoms with Gasteiger partial charge >= 0.3 is 5.89 Å². The molecule has 6 nitrogen and oxygen atoms in total. The molecule has 3 rings (SSSR count). The Hall–Kier alpha value is -2.50. The Morgan fingerprint density at radius 1 is 1.09 bits per heavy atom. The second-order valence-electron chi connectivity index (χ2n) is 5.65. The minimum atomic E-state index is 0.0746. The molecule has 0 N–H and O–H groups in total. The summed E-state index contributed by atoms with van der Waals surface area (Å²) in [4.78, 5) is 0. The molecule has 0 fully saturated rings. The molecule has 0 bridgehead atoms. The van der Waals surface area contributed by atoms with Gasteiger partial charge in [0.25, 0.3) is 5.89 Å². The Bertz CT molecular complexity index is 764. The molecule has 120 valence electrons. The van der Waals surface area contributed by atoms with Gasteiger partial charge in [-0.2, -0.15) is 0 Å². The lowest BCUT2D eigenvalue weighted by atomic mass is 10.1. The Labute approximate surface area is 135 Å². The van der Waals surface area contributed by atoms with E-state index in [4.69, 9.17) is 8.83 Å². The van der Waals surface area contributed by atoms with Gasteiger partial charge < -0.3 is 8.83 Å². The lowest BCUT2D eigenvalue weighted by Crippen LogP contribution is -2.40. The zero-order valence-corrected chi connectivity index (χ0v) is 13.7. The zero-order valence-electron chi connectivity index (χ0n) is 13.7. The van der Waals surface area contributed by atoms with Crippen LogP contribution in [0.4, 0.5) is 0 Å². The molecule has 3 aromatic rings. The average molecular weight is 313 g/mol. The number of aromatic nitrogens is 4. The number of nitrogens with zero attached hydrogens (tertiary/aromatic N) is 4. The molecule has 0 radical (unpaired) electrons. The van der Waals surface area contributed by atoms with Crippen molar-refractivity contribution in [2.24, 2.45) is 0 Å². The monoisotopic (exact) mass is 313 g/mol. The first-order chi connectivity index (χ1) is 11.2. The van der Waals surface area contributed by atoms with E-state index < -0.39 is 0 Å². The quantitative estimate of drug-likeness (QED) is 0.654. The van der Waals surface area contributed by atoms with Crippen molar-refractivity contribution >= 4 is 0 Å². The Morgan fingerprint density at radius 3 is 2.57 bits per heavy atom. The maximum Gasteiger partial charge on any atom is 0.370 e. The van der Waals surface area contributed by atoms with Crippen LogP contribution in [-0.4, -0.2) is 15.3 Å². The second kappa shape index (κ2) is 6.73. The van der Waals surface area contributed by atoms with E-state index in [9.17, 15) is 0 Å². The molecule has 23 heavy (non-hydrogen) atoms. The number of rotatable bonds is 6. The molecule has 0 spiro atoms. The average Bonchev–Trinajstić information content (AvgIpc) is 3.15. The fourth-order valence-electron chi connectivity index (χ4n) is 2.41. The van der Waals surface area contributed by atoms with Gasteiger partial charge in [-0.25, -0.2) is 0 Å². The summed E-state index contributed by atoms with van der Waals surface area (Å²) in [5.74, 6) is 2.87. The Morgan fingerprint density at radius 2 is 1.87 bits per heavy atom. The van der Waals surface area contributed by atoms with Crippen molar-refractivity contribution < 1.29 is 13.5 Å². The molecule has 1 atom stereocenters. The maximum absolute atomic E-state index is 5.80. The van der Waals surface area contributed by atoms with Crippen molar-refractivity contribution in [2.75, 3.05) is 0 Å². The van der Waals surface area contributed by atoms with Gasteiger partial charge in [0.15, 0.2) is 6.54 Å². The van der Waals surface area contributed by atoms with E-state index in [0.717, 1.165) is 23.8 Å². The molecule has 0 unspecified atom stereocenters. The Balaban J connectivity index is 1.68. The van der Waals surface area contributed by atoms with Gasteiger partial charge in [-0.05, 0) is 12.5 Å². The van der Waals surface area contributed by atoms with Crippen LogP contribution in [0.15, 0.2) is 39.2 Å². The molecule has 0 aliphatic rings. The summed E-state index contributed by atoms with van der Waals surface area (Å²) in [6, 6.07) is 10.1. The van der Waals surface area contributed by atoms with Gasteiger partial charge in [-0.1, -0.05) is 41.9 Å². The first kappa shape index (κ1) is 15.4. The van der Waals surface area contributed by atoms with E-state index in [1.54, 1.807) is 0 Å². The molecule has 0 aliphatic carbocycles. The van der Waals surface area contributed by atoms with Crippen molar-refractivity contribution in [3.63, 3.8) is 0 Å². The zero-order chi connectivity index (χ0) is 16.2. The van der Waals surface area contributed by atoms with Gasteiger partial charge in [0.2, 0.25) is 11.8 Å².